The second kappa shape index (κ2) is 5.91. The maximum absolute atomic E-state index is 4.64. The molecular formula is C18H20N4S. The Bertz CT molecular complexity index is 806. The lowest BCUT2D eigenvalue weighted by atomic mass is 10.0. The van der Waals surface area contributed by atoms with Gasteiger partial charge in [0, 0.05) is 30.4 Å². The van der Waals surface area contributed by atoms with Crippen molar-refractivity contribution < 1.29 is 0 Å². The topological polar surface area (TPSA) is 34.0 Å². The summed E-state index contributed by atoms with van der Waals surface area (Å²) >= 11 is 1.72. The molecule has 1 atom stereocenters. The van der Waals surface area contributed by atoms with Crippen LogP contribution in [0.2, 0.25) is 0 Å². The Balaban J connectivity index is 1.68. The van der Waals surface area contributed by atoms with E-state index in [1.165, 1.54) is 11.3 Å². The quantitative estimate of drug-likeness (QED) is 0.736. The molecule has 0 fully saturated rings. The van der Waals surface area contributed by atoms with E-state index in [1.54, 1.807) is 11.3 Å². The summed E-state index contributed by atoms with van der Waals surface area (Å²) in [7, 11) is 0. The lowest BCUT2D eigenvalue weighted by Crippen LogP contribution is -2.37. The molecule has 4 nitrogen and oxygen atoms in total. The van der Waals surface area contributed by atoms with Crippen LogP contribution in [0.3, 0.4) is 0 Å². The van der Waals surface area contributed by atoms with Crippen molar-refractivity contribution in [2.45, 2.75) is 39.5 Å². The molecule has 3 heterocycles. The predicted octanol–water partition coefficient (Wildman–Crippen LogP) is 3.71. The zero-order valence-electron chi connectivity index (χ0n) is 13.4. The van der Waals surface area contributed by atoms with Gasteiger partial charge in [-0.3, -0.25) is 4.90 Å². The van der Waals surface area contributed by atoms with Crippen molar-refractivity contribution >= 4 is 11.3 Å². The van der Waals surface area contributed by atoms with Crippen molar-refractivity contribution in [2.24, 2.45) is 0 Å². The zero-order valence-corrected chi connectivity index (χ0v) is 14.3. The molecule has 1 aliphatic rings. The largest absolute Gasteiger partial charge is 0.329 e. The van der Waals surface area contributed by atoms with Crippen LogP contribution in [-0.4, -0.2) is 19.4 Å². The van der Waals surface area contributed by atoms with Gasteiger partial charge in [0.25, 0.3) is 0 Å². The highest BCUT2D eigenvalue weighted by atomic mass is 32.1. The number of nitrogens with zero attached hydrogens (tertiary/aromatic N) is 4. The molecule has 0 radical (unpaired) electrons. The average Bonchev–Trinajstić information content (AvgIpc) is 3.14. The molecule has 0 N–H and O–H groups in total. The molecule has 0 spiro atoms. The first-order valence-electron chi connectivity index (χ1n) is 7.92. The third kappa shape index (κ3) is 2.82. The van der Waals surface area contributed by atoms with Gasteiger partial charge in [-0.15, -0.1) is 11.3 Å². The van der Waals surface area contributed by atoms with Crippen LogP contribution >= 0.6 is 11.3 Å². The van der Waals surface area contributed by atoms with E-state index in [0.29, 0.717) is 6.04 Å². The summed E-state index contributed by atoms with van der Waals surface area (Å²) in [5.74, 6) is 1.15. The molecule has 0 amide bonds. The molecule has 118 valence electrons. The molecule has 0 aliphatic carbocycles. The highest BCUT2D eigenvalue weighted by Crippen LogP contribution is 2.31. The minimum atomic E-state index is 0.360. The maximum Gasteiger partial charge on any atom is 0.123 e. The molecule has 1 aliphatic heterocycles. The van der Waals surface area contributed by atoms with Gasteiger partial charge in [-0.05, 0) is 19.4 Å². The normalized spacial score (nSPS) is 18.1. The van der Waals surface area contributed by atoms with E-state index in [4.69, 9.17) is 0 Å². The number of hydrogen-bond donors (Lipinski definition) is 0. The van der Waals surface area contributed by atoms with E-state index in [1.807, 2.05) is 6.20 Å². The van der Waals surface area contributed by atoms with Gasteiger partial charge in [-0.2, -0.15) is 0 Å². The Hall–Kier alpha value is -1.98. The molecule has 3 aromatic rings. The van der Waals surface area contributed by atoms with Crippen molar-refractivity contribution in [3.8, 4) is 0 Å². The fourth-order valence-corrected chi connectivity index (χ4v) is 3.92. The number of fused-ring (bicyclic) bond motifs is 1. The van der Waals surface area contributed by atoms with Crippen molar-refractivity contribution in [3.63, 3.8) is 0 Å². The van der Waals surface area contributed by atoms with E-state index < -0.39 is 0 Å². The van der Waals surface area contributed by atoms with Crippen LogP contribution in [0.25, 0.3) is 0 Å². The first-order chi connectivity index (χ1) is 11.2. The van der Waals surface area contributed by atoms with Crippen molar-refractivity contribution in [3.05, 3.63) is 69.7 Å². The summed E-state index contributed by atoms with van der Waals surface area (Å²) < 4.78 is 2.35. The lowest BCUT2D eigenvalue weighted by molar-refractivity contribution is 0.126. The smallest absolute Gasteiger partial charge is 0.123 e. The van der Waals surface area contributed by atoms with Gasteiger partial charge in [0.15, 0.2) is 0 Å². The van der Waals surface area contributed by atoms with Crippen LogP contribution in [0.1, 0.15) is 33.8 Å². The Labute approximate surface area is 140 Å². The van der Waals surface area contributed by atoms with Gasteiger partial charge >= 0.3 is 0 Å². The molecular weight excluding hydrogens is 304 g/mol. The van der Waals surface area contributed by atoms with Crippen LogP contribution in [0.15, 0.2) is 41.9 Å². The Morgan fingerprint density at radius 3 is 2.78 bits per heavy atom. The number of thiazole rings is 1. The fraction of sp³-hybridized carbons (Fsp3) is 0.333. The summed E-state index contributed by atoms with van der Waals surface area (Å²) in [5.41, 5.74) is 3.76. The summed E-state index contributed by atoms with van der Waals surface area (Å²) in [5, 5.41) is 3.30. The molecule has 1 aromatic carbocycles. The molecule has 23 heavy (non-hydrogen) atoms. The van der Waals surface area contributed by atoms with Gasteiger partial charge in [0.2, 0.25) is 0 Å². The predicted molar refractivity (Wildman–Crippen MR) is 92.2 cm³/mol. The monoisotopic (exact) mass is 324 g/mol. The average molecular weight is 324 g/mol. The Morgan fingerprint density at radius 2 is 2.04 bits per heavy atom. The molecule has 0 saturated heterocycles. The van der Waals surface area contributed by atoms with Crippen molar-refractivity contribution in [1.29, 1.82) is 0 Å². The SMILES string of the molecule is Cc1nc(CN2Cc3ncc(C)n3CC2c2ccccc2)cs1. The number of hydrogen-bond acceptors (Lipinski definition) is 4. The van der Waals surface area contributed by atoms with E-state index in [-0.39, 0.29) is 0 Å². The van der Waals surface area contributed by atoms with Crippen LogP contribution in [0, 0.1) is 13.8 Å². The van der Waals surface area contributed by atoms with E-state index >= 15 is 0 Å². The fourth-order valence-electron chi connectivity index (χ4n) is 3.31. The minimum Gasteiger partial charge on any atom is -0.329 e. The highest BCUT2D eigenvalue weighted by Gasteiger charge is 2.29. The van der Waals surface area contributed by atoms with Crippen molar-refractivity contribution in [1.82, 2.24) is 19.4 Å². The van der Waals surface area contributed by atoms with Crippen LogP contribution in [0.4, 0.5) is 0 Å². The van der Waals surface area contributed by atoms with Gasteiger partial charge in [-0.25, -0.2) is 9.97 Å². The van der Waals surface area contributed by atoms with Crippen LogP contribution in [0.5, 0.6) is 0 Å². The second-order valence-corrected chi connectivity index (χ2v) is 7.18. The first-order valence-corrected chi connectivity index (χ1v) is 8.79. The molecule has 4 rings (SSSR count). The summed E-state index contributed by atoms with van der Waals surface area (Å²) in [6.07, 6.45) is 1.98. The molecule has 2 aromatic heterocycles. The zero-order chi connectivity index (χ0) is 15.8. The summed E-state index contributed by atoms with van der Waals surface area (Å²) in [4.78, 5) is 11.7. The number of rotatable bonds is 3. The lowest BCUT2D eigenvalue weighted by Gasteiger charge is -2.36. The van der Waals surface area contributed by atoms with Gasteiger partial charge in [-0.1, -0.05) is 30.3 Å². The summed E-state index contributed by atoms with van der Waals surface area (Å²) in [6, 6.07) is 11.1. The molecule has 5 heteroatoms. The highest BCUT2D eigenvalue weighted by molar-refractivity contribution is 7.09. The maximum atomic E-state index is 4.64. The Morgan fingerprint density at radius 1 is 1.22 bits per heavy atom. The third-order valence-electron chi connectivity index (χ3n) is 4.49. The number of imidazole rings is 1. The van der Waals surface area contributed by atoms with Crippen LogP contribution in [-0.2, 0) is 19.6 Å². The van der Waals surface area contributed by atoms with E-state index in [2.05, 4.69) is 69.0 Å². The first kappa shape index (κ1) is 14.6. The Kier molecular flexibility index (Phi) is 3.75. The summed E-state index contributed by atoms with van der Waals surface area (Å²) in [6.45, 7) is 6.89. The number of aryl methyl sites for hydroxylation is 2. The van der Waals surface area contributed by atoms with E-state index in [0.717, 1.165) is 36.2 Å². The standard InChI is InChI=1S/C18H20N4S/c1-13-8-19-18-11-21(9-16-12-23-14(2)20-16)17(10-22(13)18)15-6-4-3-5-7-15/h3-8,12,17H,9-11H2,1-2H3. The van der Waals surface area contributed by atoms with Crippen LogP contribution < -0.4 is 0 Å². The minimum absolute atomic E-state index is 0.360. The molecule has 1 unspecified atom stereocenters. The van der Waals surface area contributed by atoms with Gasteiger partial charge < -0.3 is 4.57 Å². The molecule has 0 saturated carbocycles. The third-order valence-corrected chi connectivity index (χ3v) is 5.32. The van der Waals surface area contributed by atoms with Crippen molar-refractivity contribution in [2.75, 3.05) is 0 Å². The van der Waals surface area contributed by atoms with Gasteiger partial charge in [0.1, 0.15) is 5.82 Å². The van der Waals surface area contributed by atoms with Gasteiger partial charge in [0.05, 0.1) is 23.3 Å². The second-order valence-electron chi connectivity index (χ2n) is 6.12. The number of benzene rings is 1. The van der Waals surface area contributed by atoms with E-state index in [9.17, 15) is 0 Å². The number of aromatic nitrogens is 3. The molecule has 0 bridgehead atoms.